The second kappa shape index (κ2) is 2.67. The number of carbonyl (C=O) groups is 2. The highest BCUT2D eigenvalue weighted by Gasteiger charge is 2.32. The van der Waals surface area contributed by atoms with Crippen LogP contribution in [-0.2, 0) is 0 Å². The maximum atomic E-state index is 11.7. The van der Waals surface area contributed by atoms with Gasteiger partial charge in [-0.15, -0.1) is 11.3 Å². The number of thiophene rings is 1. The van der Waals surface area contributed by atoms with Gasteiger partial charge in [0.05, 0.1) is 11.1 Å². The average molecular weight is 217 g/mol. The molecule has 0 saturated heterocycles. The van der Waals surface area contributed by atoms with Crippen LogP contribution >= 0.6 is 11.3 Å². The van der Waals surface area contributed by atoms with Crippen molar-refractivity contribution in [2.75, 3.05) is 7.05 Å². The summed E-state index contributed by atoms with van der Waals surface area (Å²) >= 11 is 1.58. The van der Waals surface area contributed by atoms with E-state index in [1.165, 1.54) is 7.05 Å². The molecule has 3 rings (SSSR count). The molecule has 0 spiro atoms. The number of amides is 2. The van der Waals surface area contributed by atoms with Gasteiger partial charge in [-0.3, -0.25) is 14.5 Å². The highest BCUT2D eigenvalue weighted by Crippen LogP contribution is 2.29. The topological polar surface area (TPSA) is 37.4 Å². The van der Waals surface area contributed by atoms with E-state index in [2.05, 4.69) is 0 Å². The van der Waals surface area contributed by atoms with Crippen molar-refractivity contribution < 1.29 is 9.59 Å². The van der Waals surface area contributed by atoms with Gasteiger partial charge in [-0.25, -0.2) is 0 Å². The Bertz CT molecular complexity index is 550. The highest BCUT2D eigenvalue weighted by molar-refractivity contribution is 7.17. The van der Waals surface area contributed by atoms with Crippen LogP contribution in [0.3, 0.4) is 0 Å². The summed E-state index contributed by atoms with van der Waals surface area (Å²) < 4.78 is 1.05. The molecule has 4 heteroatoms. The second-order valence-electron chi connectivity index (χ2n) is 3.53. The van der Waals surface area contributed by atoms with E-state index in [1.807, 2.05) is 11.4 Å². The predicted molar refractivity (Wildman–Crippen MR) is 58.2 cm³/mol. The third-order valence-corrected chi connectivity index (χ3v) is 3.54. The lowest BCUT2D eigenvalue weighted by atomic mass is 10.1. The number of nitrogens with zero attached hydrogens (tertiary/aromatic N) is 1. The van der Waals surface area contributed by atoms with Crippen molar-refractivity contribution in [3.05, 3.63) is 34.7 Å². The first kappa shape index (κ1) is 8.61. The van der Waals surface area contributed by atoms with Gasteiger partial charge in [0.25, 0.3) is 11.8 Å². The van der Waals surface area contributed by atoms with Gasteiger partial charge in [-0.1, -0.05) is 0 Å². The molecule has 0 aliphatic carbocycles. The standard InChI is InChI=1S/C11H7NO2S/c1-12-10(13)7-4-6-2-3-15-9(6)5-8(7)11(12)14/h2-5H,1H3. The third-order valence-electron chi connectivity index (χ3n) is 2.66. The summed E-state index contributed by atoms with van der Waals surface area (Å²) in [5.41, 5.74) is 1.05. The van der Waals surface area contributed by atoms with Crippen molar-refractivity contribution in [1.29, 1.82) is 0 Å². The molecule has 1 aromatic heterocycles. The first-order valence-electron chi connectivity index (χ1n) is 4.52. The summed E-state index contributed by atoms with van der Waals surface area (Å²) in [6.45, 7) is 0. The van der Waals surface area contributed by atoms with Crippen LogP contribution in [-0.4, -0.2) is 23.8 Å². The highest BCUT2D eigenvalue weighted by atomic mass is 32.1. The van der Waals surface area contributed by atoms with Gasteiger partial charge in [0, 0.05) is 11.7 Å². The molecule has 3 nitrogen and oxygen atoms in total. The lowest BCUT2D eigenvalue weighted by Gasteiger charge is -2.02. The first-order valence-corrected chi connectivity index (χ1v) is 5.40. The van der Waals surface area contributed by atoms with Crippen LogP contribution in [0.5, 0.6) is 0 Å². The molecule has 0 radical (unpaired) electrons. The minimum absolute atomic E-state index is 0.203. The Morgan fingerprint density at radius 2 is 1.80 bits per heavy atom. The van der Waals surface area contributed by atoms with Crippen molar-refractivity contribution in [2.45, 2.75) is 0 Å². The Morgan fingerprint density at radius 1 is 1.13 bits per heavy atom. The van der Waals surface area contributed by atoms with Crippen LogP contribution in [0.4, 0.5) is 0 Å². The van der Waals surface area contributed by atoms with E-state index in [-0.39, 0.29) is 11.8 Å². The molecular weight excluding hydrogens is 210 g/mol. The molecule has 0 unspecified atom stereocenters. The summed E-state index contributed by atoms with van der Waals surface area (Å²) in [6.07, 6.45) is 0. The van der Waals surface area contributed by atoms with Gasteiger partial charge in [0.1, 0.15) is 0 Å². The number of rotatable bonds is 0. The molecule has 2 amide bonds. The molecule has 1 aromatic carbocycles. The molecule has 0 N–H and O–H groups in total. The number of carbonyl (C=O) groups excluding carboxylic acids is 2. The second-order valence-corrected chi connectivity index (χ2v) is 4.47. The Balaban J connectivity index is 2.39. The monoisotopic (exact) mass is 217 g/mol. The van der Waals surface area contributed by atoms with Crippen LogP contribution in [0.15, 0.2) is 23.6 Å². The van der Waals surface area contributed by atoms with Crippen LogP contribution in [0.25, 0.3) is 10.1 Å². The molecule has 1 aliphatic heterocycles. The average Bonchev–Trinajstić information content (AvgIpc) is 2.77. The zero-order valence-corrected chi connectivity index (χ0v) is 8.80. The Hall–Kier alpha value is -1.68. The molecule has 0 atom stereocenters. The van der Waals surface area contributed by atoms with Gasteiger partial charge in [0.2, 0.25) is 0 Å². The van der Waals surface area contributed by atoms with Crippen molar-refractivity contribution in [3.8, 4) is 0 Å². The van der Waals surface area contributed by atoms with E-state index in [0.717, 1.165) is 15.0 Å². The lowest BCUT2D eigenvalue weighted by molar-refractivity contribution is 0.0693. The maximum Gasteiger partial charge on any atom is 0.261 e. The van der Waals surface area contributed by atoms with Crippen molar-refractivity contribution >= 4 is 33.2 Å². The number of hydrogen-bond donors (Lipinski definition) is 0. The summed E-state index contributed by atoms with van der Waals surface area (Å²) in [5.74, 6) is -0.409. The van der Waals surface area contributed by atoms with E-state index >= 15 is 0 Å². The van der Waals surface area contributed by atoms with Gasteiger partial charge < -0.3 is 0 Å². The van der Waals surface area contributed by atoms with Crippen LogP contribution in [0.1, 0.15) is 20.7 Å². The summed E-state index contributed by atoms with van der Waals surface area (Å²) in [4.78, 5) is 24.5. The van der Waals surface area contributed by atoms with Gasteiger partial charge >= 0.3 is 0 Å². The minimum Gasteiger partial charge on any atom is -0.277 e. The third kappa shape index (κ3) is 0.995. The normalized spacial score (nSPS) is 15.1. The summed E-state index contributed by atoms with van der Waals surface area (Å²) in [7, 11) is 1.51. The lowest BCUT2D eigenvalue weighted by Crippen LogP contribution is -2.24. The SMILES string of the molecule is CN1C(=O)c2cc3ccsc3cc2C1=O. The van der Waals surface area contributed by atoms with Gasteiger partial charge in [-0.2, -0.15) is 0 Å². The molecule has 15 heavy (non-hydrogen) atoms. The van der Waals surface area contributed by atoms with Crippen molar-refractivity contribution in [3.63, 3.8) is 0 Å². The van der Waals surface area contributed by atoms with Crippen LogP contribution < -0.4 is 0 Å². The molecule has 74 valence electrons. The zero-order chi connectivity index (χ0) is 10.6. The number of fused-ring (bicyclic) bond motifs is 2. The Kier molecular flexibility index (Phi) is 1.53. The summed E-state index contributed by atoms with van der Waals surface area (Å²) in [5, 5.41) is 2.98. The molecule has 0 bridgehead atoms. The number of hydrogen-bond acceptors (Lipinski definition) is 3. The van der Waals surface area contributed by atoms with Crippen molar-refractivity contribution in [1.82, 2.24) is 4.90 Å². The molecule has 2 aromatic rings. The van der Waals surface area contributed by atoms with Gasteiger partial charge in [0.15, 0.2) is 0 Å². The predicted octanol–water partition coefficient (Wildman–Crippen LogP) is 2.13. The van der Waals surface area contributed by atoms with E-state index in [0.29, 0.717) is 11.1 Å². The first-order chi connectivity index (χ1) is 7.18. The molecule has 1 aliphatic rings. The van der Waals surface area contributed by atoms with E-state index in [4.69, 9.17) is 0 Å². The fourth-order valence-electron chi connectivity index (χ4n) is 1.82. The van der Waals surface area contributed by atoms with Crippen LogP contribution in [0.2, 0.25) is 0 Å². The molecular formula is C11H7NO2S. The van der Waals surface area contributed by atoms with E-state index in [9.17, 15) is 9.59 Å². The Morgan fingerprint density at radius 3 is 2.53 bits per heavy atom. The summed E-state index contributed by atoms with van der Waals surface area (Å²) in [6, 6.07) is 5.56. The zero-order valence-electron chi connectivity index (χ0n) is 7.98. The Labute approximate surface area is 89.9 Å². The molecule has 0 fully saturated rings. The quantitative estimate of drug-likeness (QED) is 0.634. The largest absolute Gasteiger partial charge is 0.277 e. The van der Waals surface area contributed by atoms with E-state index < -0.39 is 0 Å². The van der Waals surface area contributed by atoms with E-state index in [1.54, 1.807) is 23.5 Å². The smallest absolute Gasteiger partial charge is 0.261 e. The molecule has 0 saturated carbocycles. The number of imide groups is 1. The van der Waals surface area contributed by atoms with Crippen LogP contribution in [0, 0.1) is 0 Å². The number of benzene rings is 1. The van der Waals surface area contributed by atoms with Gasteiger partial charge in [-0.05, 0) is 29.0 Å². The van der Waals surface area contributed by atoms with Crippen molar-refractivity contribution in [2.24, 2.45) is 0 Å². The maximum absolute atomic E-state index is 11.7. The fraction of sp³-hybridized carbons (Fsp3) is 0.0909. The fourth-order valence-corrected chi connectivity index (χ4v) is 2.63. The minimum atomic E-state index is -0.205. The molecule has 2 heterocycles.